The fraction of sp³-hybridized carbons (Fsp3) is 0.615. The number of rotatable bonds is 3. The Morgan fingerprint density at radius 2 is 2.41 bits per heavy atom. The summed E-state index contributed by atoms with van der Waals surface area (Å²) in [6, 6.07) is 6.10. The normalized spacial score (nSPS) is 26.1. The summed E-state index contributed by atoms with van der Waals surface area (Å²) in [5.74, 6) is 1.13. The van der Waals surface area contributed by atoms with Crippen molar-refractivity contribution in [3.05, 3.63) is 29.6 Å². The smallest absolute Gasteiger partial charge is 0.0892 e. The van der Waals surface area contributed by atoms with Crippen LogP contribution in [0, 0.1) is 6.92 Å². The van der Waals surface area contributed by atoms with Crippen LogP contribution in [0.15, 0.2) is 18.2 Å². The first-order valence-electron chi connectivity index (χ1n) is 6.15. The molecule has 3 rings (SSSR count). The van der Waals surface area contributed by atoms with Crippen LogP contribution in [0.5, 0.6) is 0 Å². The molecule has 0 bridgehead atoms. The molecular formula is C13H18N2OS. The number of ether oxygens (including phenoxy) is 1. The molecule has 4 heteroatoms. The van der Waals surface area contributed by atoms with Gasteiger partial charge in [0.05, 0.1) is 18.4 Å². The minimum atomic E-state index is 0.407. The summed E-state index contributed by atoms with van der Waals surface area (Å²) >= 11 is 2.07. The molecule has 2 fully saturated rings. The first kappa shape index (κ1) is 11.5. The van der Waals surface area contributed by atoms with Crippen molar-refractivity contribution in [2.75, 3.05) is 18.8 Å². The number of pyridine rings is 1. The number of aryl methyl sites for hydroxylation is 1. The third-order valence-corrected chi connectivity index (χ3v) is 5.09. The highest BCUT2D eigenvalue weighted by Crippen LogP contribution is 2.42. The van der Waals surface area contributed by atoms with Crippen LogP contribution in [0.1, 0.15) is 17.8 Å². The van der Waals surface area contributed by atoms with E-state index < -0.39 is 0 Å². The van der Waals surface area contributed by atoms with E-state index in [1.165, 1.54) is 6.42 Å². The molecule has 92 valence electrons. The third-order valence-electron chi connectivity index (χ3n) is 3.48. The summed E-state index contributed by atoms with van der Waals surface area (Å²) in [7, 11) is 0. The number of nitrogens with zero attached hydrogens (tertiary/aromatic N) is 1. The Morgan fingerprint density at radius 3 is 3.06 bits per heavy atom. The molecule has 1 aromatic rings. The lowest BCUT2D eigenvalue weighted by molar-refractivity contribution is 0.0442. The second-order valence-electron chi connectivity index (χ2n) is 5.01. The molecule has 2 aliphatic heterocycles. The Balaban J connectivity index is 1.52. The van der Waals surface area contributed by atoms with Crippen LogP contribution in [-0.2, 0) is 11.3 Å². The molecule has 1 atom stereocenters. The van der Waals surface area contributed by atoms with E-state index in [1.807, 2.05) is 25.1 Å². The van der Waals surface area contributed by atoms with Crippen molar-refractivity contribution < 1.29 is 4.74 Å². The van der Waals surface area contributed by atoms with Gasteiger partial charge in [-0.3, -0.25) is 4.98 Å². The van der Waals surface area contributed by atoms with Gasteiger partial charge in [0.2, 0.25) is 0 Å². The van der Waals surface area contributed by atoms with Gasteiger partial charge < -0.3 is 10.1 Å². The number of nitrogens with one attached hydrogen (secondary N) is 1. The molecular weight excluding hydrogens is 232 g/mol. The Labute approximate surface area is 106 Å². The number of hydrogen-bond donors (Lipinski definition) is 1. The summed E-state index contributed by atoms with van der Waals surface area (Å²) in [5, 5.41) is 3.36. The highest BCUT2D eigenvalue weighted by atomic mass is 32.2. The van der Waals surface area contributed by atoms with E-state index in [-0.39, 0.29) is 0 Å². The Bertz CT molecular complexity index is 406. The number of hydrogen-bond acceptors (Lipinski definition) is 4. The van der Waals surface area contributed by atoms with Crippen molar-refractivity contribution in [2.24, 2.45) is 0 Å². The van der Waals surface area contributed by atoms with E-state index in [9.17, 15) is 0 Å². The maximum Gasteiger partial charge on any atom is 0.0892 e. The minimum Gasteiger partial charge on any atom is -0.371 e. The molecule has 1 spiro atoms. The van der Waals surface area contributed by atoms with Gasteiger partial charge in [0.1, 0.15) is 0 Å². The van der Waals surface area contributed by atoms with Crippen molar-refractivity contribution in [1.29, 1.82) is 0 Å². The monoisotopic (exact) mass is 250 g/mol. The SMILES string of the molecule is Cc1cccc(CO[C@@H]2CSC3(CNC3)C2)n1. The van der Waals surface area contributed by atoms with Gasteiger partial charge in [0.25, 0.3) is 0 Å². The molecule has 3 nitrogen and oxygen atoms in total. The molecule has 0 aliphatic carbocycles. The van der Waals surface area contributed by atoms with Crippen LogP contribution in [0.3, 0.4) is 0 Å². The molecule has 3 heterocycles. The largest absolute Gasteiger partial charge is 0.371 e. The number of thioether (sulfide) groups is 1. The molecule has 2 saturated heterocycles. The van der Waals surface area contributed by atoms with E-state index in [4.69, 9.17) is 4.74 Å². The molecule has 0 unspecified atom stereocenters. The second-order valence-corrected chi connectivity index (χ2v) is 6.49. The first-order valence-corrected chi connectivity index (χ1v) is 7.13. The zero-order valence-electron chi connectivity index (χ0n) is 10.1. The summed E-state index contributed by atoms with van der Waals surface area (Å²) in [4.78, 5) is 4.46. The standard InChI is InChI=1S/C13H18N2OS/c1-10-3-2-4-11(15-10)6-16-12-5-13(17-7-12)8-14-9-13/h2-4,12,14H,5-9H2,1H3/t12-/m0/s1. The zero-order valence-corrected chi connectivity index (χ0v) is 10.9. The lowest BCUT2D eigenvalue weighted by Crippen LogP contribution is -2.56. The lowest BCUT2D eigenvalue weighted by atomic mass is 9.96. The van der Waals surface area contributed by atoms with E-state index in [1.54, 1.807) is 0 Å². The first-order chi connectivity index (χ1) is 8.26. The highest BCUT2D eigenvalue weighted by Gasteiger charge is 2.44. The van der Waals surface area contributed by atoms with Crippen LogP contribution in [-0.4, -0.2) is 34.7 Å². The van der Waals surface area contributed by atoms with Gasteiger partial charge in [-0.15, -0.1) is 11.8 Å². The summed E-state index contributed by atoms with van der Waals surface area (Å²) in [5.41, 5.74) is 2.11. The summed E-state index contributed by atoms with van der Waals surface area (Å²) < 4.78 is 6.45. The third kappa shape index (κ3) is 2.49. The minimum absolute atomic E-state index is 0.407. The fourth-order valence-electron chi connectivity index (χ4n) is 2.44. The summed E-state index contributed by atoms with van der Waals surface area (Å²) in [6.45, 7) is 4.97. The molecule has 0 aromatic carbocycles. The maximum absolute atomic E-state index is 5.96. The molecule has 0 amide bonds. The van der Waals surface area contributed by atoms with E-state index in [0.29, 0.717) is 17.5 Å². The average molecular weight is 250 g/mol. The van der Waals surface area contributed by atoms with Gasteiger partial charge in [0.15, 0.2) is 0 Å². The van der Waals surface area contributed by atoms with Crippen molar-refractivity contribution >= 4 is 11.8 Å². The van der Waals surface area contributed by atoms with Crippen molar-refractivity contribution in [3.8, 4) is 0 Å². The lowest BCUT2D eigenvalue weighted by Gasteiger charge is -2.38. The Morgan fingerprint density at radius 1 is 1.53 bits per heavy atom. The molecule has 2 aliphatic rings. The predicted octanol–water partition coefficient (Wildman–Crippen LogP) is 1.75. The second kappa shape index (κ2) is 4.59. The molecule has 0 radical (unpaired) electrons. The van der Waals surface area contributed by atoms with Crippen LogP contribution in [0.4, 0.5) is 0 Å². The quantitative estimate of drug-likeness (QED) is 0.886. The van der Waals surface area contributed by atoms with Gasteiger partial charge in [-0.1, -0.05) is 6.07 Å². The van der Waals surface area contributed by atoms with Crippen LogP contribution >= 0.6 is 11.8 Å². The molecule has 1 aromatic heterocycles. The number of aromatic nitrogens is 1. The molecule has 17 heavy (non-hydrogen) atoms. The Hall–Kier alpha value is -0.580. The van der Waals surface area contributed by atoms with Crippen molar-refractivity contribution in [2.45, 2.75) is 30.8 Å². The maximum atomic E-state index is 5.96. The average Bonchev–Trinajstić information content (AvgIpc) is 2.71. The van der Waals surface area contributed by atoms with Gasteiger partial charge >= 0.3 is 0 Å². The Kier molecular flexibility index (Phi) is 3.11. The predicted molar refractivity (Wildman–Crippen MR) is 70.2 cm³/mol. The van der Waals surface area contributed by atoms with Crippen molar-refractivity contribution in [3.63, 3.8) is 0 Å². The van der Waals surface area contributed by atoms with Gasteiger partial charge in [-0.2, -0.15) is 0 Å². The van der Waals surface area contributed by atoms with Crippen LogP contribution in [0.2, 0.25) is 0 Å². The van der Waals surface area contributed by atoms with E-state index in [2.05, 4.69) is 22.1 Å². The molecule has 0 saturated carbocycles. The highest BCUT2D eigenvalue weighted by molar-refractivity contribution is 8.01. The van der Waals surface area contributed by atoms with Crippen LogP contribution in [0.25, 0.3) is 0 Å². The summed E-state index contributed by atoms with van der Waals surface area (Å²) in [6.07, 6.45) is 1.60. The van der Waals surface area contributed by atoms with Crippen molar-refractivity contribution in [1.82, 2.24) is 10.3 Å². The van der Waals surface area contributed by atoms with E-state index in [0.717, 1.165) is 30.2 Å². The van der Waals surface area contributed by atoms with Crippen LogP contribution < -0.4 is 5.32 Å². The van der Waals surface area contributed by atoms with Gasteiger partial charge in [-0.05, 0) is 25.5 Å². The topological polar surface area (TPSA) is 34.1 Å². The van der Waals surface area contributed by atoms with Gasteiger partial charge in [0, 0.05) is 29.3 Å². The zero-order chi connectivity index (χ0) is 11.7. The fourth-order valence-corrected chi connectivity index (χ4v) is 3.91. The van der Waals surface area contributed by atoms with Gasteiger partial charge in [-0.25, -0.2) is 0 Å². The van der Waals surface area contributed by atoms with E-state index >= 15 is 0 Å². The molecule has 1 N–H and O–H groups in total.